The summed E-state index contributed by atoms with van der Waals surface area (Å²) in [6.07, 6.45) is 0.712. The number of nitrogens with one attached hydrogen (secondary N) is 1. The minimum absolute atomic E-state index is 0.0163. The van der Waals surface area contributed by atoms with Crippen LogP contribution in [0.1, 0.15) is 15.2 Å². The van der Waals surface area contributed by atoms with E-state index in [0.29, 0.717) is 6.42 Å². The molecule has 0 saturated heterocycles. The summed E-state index contributed by atoms with van der Waals surface area (Å²) >= 11 is 1.05. The zero-order chi connectivity index (χ0) is 18.4. The fourth-order valence-corrected chi connectivity index (χ4v) is 4.76. The normalized spacial score (nSPS) is 13.0. The minimum Gasteiger partial charge on any atom is -0.465 e. The van der Waals surface area contributed by atoms with Gasteiger partial charge < -0.3 is 9.64 Å². The fraction of sp³-hybridized carbons (Fsp3) is 0.353. The molecule has 136 valence electrons. The van der Waals surface area contributed by atoms with Crippen LogP contribution in [0.15, 0.2) is 46.7 Å². The maximum Gasteiger partial charge on any atom is 0.349 e. The number of rotatable bonds is 8. The van der Waals surface area contributed by atoms with E-state index < -0.39 is 16.0 Å². The zero-order valence-corrected chi connectivity index (χ0v) is 16.1. The summed E-state index contributed by atoms with van der Waals surface area (Å²) in [5, 5.41) is 1.56. The summed E-state index contributed by atoms with van der Waals surface area (Å²) in [7, 11) is 1.26. The Hall–Kier alpha value is -1.74. The molecular weight excluding hydrogens is 360 g/mol. The maximum atomic E-state index is 12.6. The molecule has 0 fully saturated rings. The van der Waals surface area contributed by atoms with Crippen molar-refractivity contribution in [1.82, 2.24) is 9.62 Å². The van der Waals surface area contributed by atoms with E-state index in [2.05, 4.69) is 9.46 Å². The number of hydrogen-bond donors (Lipinski definition) is 1. The highest BCUT2D eigenvalue weighted by atomic mass is 32.2. The van der Waals surface area contributed by atoms with Crippen LogP contribution in [0.5, 0.6) is 0 Å². The molecule has 0 aliphatic rings. The highest BCUT2D eigenvalue weighted by Crippen LogP contribution is 2.22. The predicted molar refractivity (Wildman–Crippen MR) is 98.5 cm³/mol. The van der Waals surface area contributed by atoms with Crippen molar-refractivity contribution in [1.29, 1.82) is 0 Å². The van der Waals surface area contributed by atoms with Gasteiger partial charge >= 0.3 is 5.97 Å². The summed E-state index contributed by atoms with van der Waals surface area (Å²) in [4.78, 5) is 13.7. The van der Waals surface area contributed by atoms with Gasteiger partial charge in [0.1, 0.15) is 9.77 Å². The van der Waals surface area contributed by atoms with Gasteiger partial charge in [-0.3, -0.25) is 0 Å². The number of nitrogens with zero attached hydrogens (tertiary/aromatic N) is 1. The molecule has 1 aromatic heterocycles. The largest absolute Gasteiger partial charge is 0.465 e. The third-order valence-electron chi connectivity index (χ3n) is 3.84. The molecule has 1 N–H and O–H groups in total. The average Bonchev–Trinajstić information content (AvgIpc) is 3.09. The standard InChI is InChI=1S/C17H22N2O4S2/c1-19(2)14(11-13-7-5-4-6-8-13)12-18-25(21,22)15-9-10-24-16(15)17(20)23-3/h4-10,14,18H,11-12H2,1-3H3. The molecule has 8 heteroatoms. The number of hydrogen-bond acceptors (Lipinski definition) is 6. The number of benzene rings is 1. The number of thiophene rings is 1. The Morgan fingerprint density at radius 2 is 1.92 bits per heavy atom. The Morgan fingerprint density at radius 1 is 1.24 bits per heavy atom. The van der Waals surface area contributed by atoms with Gasteiger partial charge in [-0.15, -0.1) is 11.3 Å². The molecule has 0 bridgehead atoms. The zero-order valence-electron chi connectivity index (χ0n) is 14.4. The molecule has 1 unspecified atom stereocenters. The Morgan fingerprint density at radius 3 is 2.52 bits per heavy atom. The summed E-state index contributed by atoms with van der Waals surface area (Å²) in [6, 6.07) is 11.3. The molecule has 1 heterocycles. The Labute approximate surface area is 152 Å². The van der Waals surface area contributed by atoms with E-state index in [4.69, 9.17) is 0 Å². The molecular formula is C17H22N2O4S2. The van der Waals surface area contributed by atoms with Crippen LogP contribution in [0, 0.1) is 0 Å². The van der Waals surface area contributed by atoms with Crippen LogP contribution in [-0.2, 0) is 21.2 Å². The number of carbonyl (C=O) groups excluding carboxylic acids is 1. The van der Waals surface area contributed by atoms with E-state index >= 15 is 0 Å². The van der Waals surface area contributed by atoms with Crippen LogP contribution in [0.3, 0.4) is 0 Å². The lowest BCUT2D eigenvalue weighted by molar-refractivity contribution is 0.0602. The van der Waals surface area contributed by atoms with E-state index in [9.17, 15) is 13.2 Å². The van der Waals surface area contributed by atoms with Gasteiger partial charge in [0, 0.05) is 12.6 Å². The summed E-state index contributed by atoms with van der Waals surface area (Å²) in [6.45, 7) is 0.237. The van der Waals surface area contributed by atoms with Crippen molar-refractivity contribution in [2.24, 2.45) is 0 Å². The highest BCUT2D eigenvalue weighted by molar-refractivity contribution is 7.89. The van der Waals surface area contributed by atoms with Crippen LogP contribution < -0.4 is 4.72 Å². The molecule has 1 atom stereocenters. The van der Waals surface area contributed by atoms with Gasteiger partial charge in [-0.05, 0) is 37.5 Å². The molecule has 0 spiro atoms. The van der Waals surface area contributed by atoms with Crippen LogP contribution in [0.4, 0.5) is 0 Å². The molecule has 2 rings (SSSR count). The Balaban J connectivity index is 2.11. The van der Waals surface area contributed by atoms with Gasteiger partial charge in [0.05, 0.1) is 7.11 Å². The Bertz CT molecular complexity index is 801. The molecule has 0 radical (unpaired) electrons. The smallest absolute Gasteiger partial charge is 0.349 e. The van der Waals surface area contributed by atoms with E-state index in [1.807, 2.05) is 49.3 Å². The van der Waals surface area contributed by atoms with Crippen molar-refractivity contribution in [2.75, 3.05) is 27.7 Å². The first-order chi connectivity index (χ1) is 11.8. The summed E-state index contributed by atoms with van der Waals surface area (Å²) in [5.74, 6) is -0.649. The third kappa shape index (κ3) is 5.12. The first kappa shape index (κ1) is 19.6. The monoisotopic (exact) mass is 382 g/mol. The van der Waals surface area contributed by atoms with E-state index in [1.54, 1.807) is 5.38 Å². The maximum absolute atomic E-state index is 12.6. The second-order valence-corrected chi connectivity index (χ2v) is 8.42. The number of ether oxygens (including phenoxy) is 1. The first-order valence-corrected chi connectivity index (χ1v) is 10.1. The molecule has 0 aliphatic heterocycles. The van der Waals surface area contributed by atoms with E-state index in [-0.39, 0.29) is 22.4 Å². The SMILES string of the molecule is COC(=O)c1sccc1S(=O)(=O)NCC(Cc1ccccc1)N(C)C. The lowest BCUT2D eigenvalue weighted by atomic mass is 10.1. The van der Waals surface area contributed by atoms with Crippen LogP contribution in [-0.4, -0.2) is 53.1 Å². The van der Waals surface area contributed by atoms with Gasteiger partial charge in [0.2, 0.25) is 10.0 Å². The first-order valence-electron chi connectivity index (χ1n) is 7.71. The molecule has 1 aromatic carbocycles. The van der Waals surface area contributed by atoms with E-state index in [1.165, 1.54) is 13.2 Å². The lowest BCUT2D eigenvalue weighted by Crippen LogP contribution is -2.41. The number of sulfonamides is 1. The Kier molecular flexibility index (Phi) is 6.71. The predicted octanol–water partition coefficient (Wildman–Crippen LogP) is 1.99. The van der Waals surface area contributed by atoms with Gasteiger partial charge in [-0.2, -0.15) is 0 Å². The van der Waals surface area contributed by atoms with Gasteiger partial charge in [0.15, 0.2) is 0 Å². The van der Waals surface area contributed by atoms with Gasteiger partial charge in [0.25, 0.3) is 0 Å². The second kappa shape index (κ2) is 8.57. The van der Waals surface area contributed by atoms with Crippen molar-refractivity contribution in [3.8, 4) is 0 Å². The molecule has 6 nitrogen and oxygen atoms in total. The van der Waals surface area contributed by atoms with Crippen LogP contribution >= 0.6 is 11.3 Å². The van der Waals surface area contributed by atoms with Crippen molar-refractivity contribution in [3.63, 3.8) is 0 Å². The van der Waals surface area contributed by atoms with Gasteiger partial charge in [-0.25, -0.2) is 17.9 Å². The number of likely N-dealkylation sites (N-methyl/N-ethyl adjacent to an activating group) is 1. The molecule has 0 saturated carbocycles. The van der Waals surface area contributed by atoms with Crippen LogP contribution in [0.2, 0.25) is 0 Å². The van der Waals surface area contributed by atoms with Crippen molar-refractivity contribution >= 4 is 27.3 Å². The summed E-state index contributed by atoms with van der Waals surface area (Å²) in [5.41, 5.74) is 1.13. The topological polar surface area (TPSA) is 75.7 Å². The second-order valence-electron chi connectivity index (χ2n) is 5.76. The quantitative estimate of drug-likeness (QED) is 0.707. The molecule has 0 aliphatic carbocycles. The average molecular weight is 383 g/mol. The summed E-state index contributed by atoms with van der Waals surface area (Å²) < 4.78 is 32.4. The number of esters is 1. The highest BCUT2D eigenvalue weighted by Gasteiger charge is 2.25. The number of carbonyl (C=O) groups is 1. The van der Waals surface area contributed by atoms with E-state index in [0.717, 1.165) is 16.9 Å². The molecule has 2 aromatic rings. The third-order valence-corrected chi connectivity index (χ3v) is 6.33. The van der Waals surface area contributed by atoms with Crippen molar-refractivity contribution in [3.05, 3.63) is 52.2 Å². The minimum atomic E-state index is -3.79. The van der Waals surface area contributed by atoms with Gasteiger partial charge in [-0.1, -0.05) is 30.3 Å². The molecule has 25 heavy (non-hydrogen) atoms. The van der Waals surface area contributed by atoms with Crippen molar-refractivity contribution in [2.45, 2.75) is 17.4 Å². The fourth-order valence-electron chi connectivity index (χ4n) is 2.36. The lowest BCUT2D eigenvalue weighted by Gasteiger charge is -2.24. The molecule has 0 amide bonds. The van der Waals surface area contributed by atoms with Crippen molar-refractivity contribution < 1.29 is 17.9 Å². The number of methoxy groups -OCH3 is 1. The van der Waals surface area contributed by atoms with Crippen LogP contribution in [0.25, 0.3) is 0 Å².